The molecule has 1 aromatic carbocycles. The van der Waals surface area contributed by atoms with E-state index < -0.39 is 0 Å². The van der Waals surface area contributed by atoms with Crippen LogP contribution in [-0.4, -0.2) is 9.97 Å². The highest BCUT2D eigenvalue weighted by Crippen LogP contribution is 2.19. The largest absolute Gasteiger partial charge is 0.323 e. The van der Waals surface area contributed by atoms with Crippen molar-refractivity contribution in [2.24, 2.45) is 0 Å². The van der Waals surface area contributed by atoms with Crippen molar-refractivity contribution in [3.05, 3.63) is 46.0 Å². The van der Waals surface area contributed by atoms with Crippen LogP contribution in [0.3, 0.4) is 0 Å². The fraction of sp³-hybridized carbons (Fsp3) is 0.182. The number of imidazole rings is 1. The molecule has 0 saturated carbocycles. The van der Waals surface area contributed by atoms with E-state index >= 15 is 0 Å². The lowest BCUT2D eigenvalue weighted by atomic mass is 10.1. The van der Waals surface area contributed by atoms with E-state index in [1.807, 2.05) is 38.1 Å². The first-order chi connectivity index (χ1) is 6.66. The molecule has 0 aliphatic rings. The van der Waals surface area contributed by atoms with Crippen LogP contribution in [0.5, 0.6) is 0 Å². The predicted octanol–water partition coefficient (Wildman–Crippen LogP) is 1.99. The summed E-state index contributed by atoms with van der Waals surface area (Å²) in [4.78, 5) is 16.5. The molecule has 0 spiro atoms. The Labute approximate surface area is 81.8 Å². The van der Waals surface area contributed by atoms with Gasteiger partial charge in [0, 0.05) is 11.3 Å². The minimum atomic E-state index is -0.154. The average molecular weight is 188 g/mol. The third-order valence-corrected chi connectivity index (χ3v) is 2.22. The van der Waals surface area contributed by atoms with Crippen LogP contribution in [0, 0.1) is 13.8 Å². The number of hydrogen-bond donors (Lipinski definition) is 2. The SMILES string of the molecule is Cc1cccc(-c2[nH]c(=O)[nH]c2C)c1. The van der Waals surface area contributed by atoms with Gasteiger partial charge in [-0.15, -0.1) is 0 Å². The van der Waals surface area contributed by atoms with Gasteiger partial charge in [-0.3, -0.25) is 0 Å². The Morgan fingerprint density at radius 1 is 1.14 bits per heavy atom. The lowest BCUT2D eigenvalue weighted by molar-refractivity contribution is 1.16. The normalized spacial score (nSPS) is 10.4. The number of nitrogens with one attached hydrogen (secondary N) is 2. The van der Waals surface area contributed by atoms with Crippen LogP contribution < -0.4 is 5.69 Å². The van der Waals surface area contributed by atoms with Crippen LogP contribution in [0.2, 0.25) is 0 Å². The summed E-state index contributed by atoms with van der Waals surface area (Å²) in [5.41, 5.74) is 3.82. The Hall–Kier alpha value is -1.77. The van der Waals surface area contributed by atoms with Crippen molar-refractivity contribution in [2.75, 3.05) is 0 Å². The van der Waals surface area contributed by atoms with Crippen molar-refractivity contribution in [1.29, 1.82) is 0 Å². The van der Waals surface area contributed by atoms with Crippen molar-refractivity contribution in [2.45, 2.75) is 13.8 Å². The number of H-pyrrole nitrogens is 2. The summed E-state index contributed by atoms with van der Waals surface area (Å²) in [5, 5.41) is 0. The standard InChI is InChI=1S/C11H12N2O/c1-7-4-3-5-9(6-7)10-8(2)12-11(14)13-10/h3-6H,1-2H3,(H2,12,13,14). The average Bonchev–Trinajstić information content (AvgIpc) is 2.45. The van der Waals surface area contributed by atoms with E-state index in [0.717, 1.165) is 17.0 Å². The number of hydrogen-bond acceptors (Lipinski definition) is 1. The number of benzene rings is 1. The maximum Gasteiger partial charge on any atom is 0.323 e. The quantitative estimate of drug-likeness (QED) is 0.706. The van der Waals surface area contributed by atoms with Crippen LogP contribution in [0.25, 0.3) is 11.3 Å². The monoisotopic (exact) mass is 188 g/mol. The molecule has 0 aliphatic carbocycles. The molecule has 14 heavy (non-hydrogen) atoms. The number of aromatic nitrogens is 2. The third kappa shape index (κ3) is 1.48. The van der Waals surface area contributed by atoms with E-state index in [-0.39, 0.29) is 5.69 Å². The first-order valence-electron chi connectivity index (χ1n) is 4.53. The molecule has 0 fully saturated rings. The molecule has 3 nitrogen and oxygen atoms in total. The molecular formula is C11H12N2O. The third-order valence-electron chi connectivity index (χ3n) is 2.22. The Balaban J connectivity index is 2.59. The van der Waals surface area contributed by atoms with Crippen LogP contribution >= 0.6 is 0 Å². The molecule has 0 atom stereocenters. The Morgan fingerprint density at radius 3 is 2.50 bits per heavy atom. The predicted molar refractivity (Wildman–Crippen MR) is 56.3 cm³/mol. The van der Waals surface area contributed by atoms with Crippen molar-refractivity contribution in [3.8, 4) is 11.3 Å². The van der Waals surface area contributed by atoms with Gasteiger partial charge in [0.05, 0.1) is 5.69 Å². The van der Waals surface area contributed by atoms with Crippen molar-refractivity contribution in [1.82, 2.24) is 9.97 Å². The van der Waals surface area contributed by atoms with Gasteiger partial charge in [-0.1, -0.05) is 23.8 Å². The van der Waals surface area contributed by atoms with Crippen molar-refractivity contribution < 1.29 is 0 Å². The smallest absolute Gasteiger partial charge is 0.310 e. The molecule has 2 N–H and O–H groups in total. The zero-order valence-corrected chi connectivity index (χ0v) is 8.22. The second kappa shape index (κ2) is 3.18. The summed E-state index contributed by atoms with van der Waals surface area (Å²) < 4.78 is 0. The van der Waals surface area contributed by atoms with Crippen LogP contribution in [0.15, 0.2) is 29.1 Å². The molecule has 72 valence electrons. The van der Waals surface area contributed by atoms with Gasteiger partial charge in [0.2, 0.25) is 0 Å². The zero-order chi connectivity index (χ0) is 10.1. The highest BCUT2D eigenvalue weighted by molar-refractivity contribution is 5.62. The lowest BCUT2D eigenvalue weighted by Gasteiger charge is -2.00. The van der Waals surface area contributed by atoms with Gasteiger partial charge in [-0.2, -0.15) is 0 Å². The molecule has 0 bridgehead atoms. The molecule has 3 heteroatoms. The molecule has 2 rings (SSSR count). The molecule has 0 amide bonds. The number of aryl methyl sites for hydroxylation is 2. The maximum absolute atomic E-state index is 11.1. The molecule has 0 radical (unpaired) electrons. The summed E-state index contributed by atoms with van der Waals surface area (Å²) in [6.07, 6.45) is 0. The first kappa shape index (κ1) is 8.81. The van der Waals surface area contributed by atoms with E-state index in [4.69, 9.17) is 0 Å². The molecule has 2 aromatic rings. The molecular weight excluding hydrogens is 176 g/mol. The summed E-state index contributed by atoms with van der Waals surface area (Å²) >= 11 is 0. The van der Waals surface area contributed by atoms with Crippen LogP contribution in [-0.2, 0) is 0 Å². The van der Waals surface area contributed by atoms with Gasteiger partial charge in [0.25, 0.3) is 0 Å². The molecule has 0 saturated heterocycles. The molecule has 1 heterocycles. The summed E-state index contributed by atoms with van der Waals surface area (Å²) in [6, 6.07) is 8.05. The van der Waals surface area contributed by atoms with Gasteiger partial charge in [0.15, 0.2) is 0 Å². The van der Waals surface area contributed by atoms with E-state index in [1.54, 1.807) is 0 Å². The Morgan fingerprint density at radius 2 is 1.93 bits per heavy atom. The summed E-state index contributed by atoms with van der Waals surface area (Å²) in [6.45, 7) is 3.92. The second-order valence-corrected chi connectivity index (χ2v) is 3.45. The molecule has 0 aliphatic heterocycles. The fourth-order valence-corrected chi connectivity index (χ4v) is 1.56. The van der Waals surface area contributed by atoms with Gasteiger partial charge >= 0.3 is 5.69 Å². The second-order valence-electron chi connectivity index (χ2n) is 3.45. The lowest BCUT2D eigenvalue weighted by Crippen LogP contribution is -2.00. The van der Waals surface area contributed by atoms with E-state index in [9.17, 15) is 4.79 Å². The van der Waals surface area contributed by atoms with E-state index in [1.165, 1.54) is 5.56 Å². The fourth-order valence-electron chi connectivity index (χ4n) is 1.56. The minimum absolute atomic E-state index is 0.154. The highest BCUT2D eigenvalue weighted by atomic mass is 16.1. The van der Waals surface area contributed by atoms with E-state index in [0.29, 0.717) is 0 Å². The zero-order valence-electron chi connectivity index (χ0n) is 8.22. The minimum Gasteiger partial charge on any atom is -0.310 e. The topological polar surface area (TPSA) is 48.6 Å². The highest BCUT2D eigenvalue weighted by Gasteiger charge is 2.04. The van der Waals surface area contributed by atoms with Crippen LogP contribution in [0.1, 0.15) is 11.3 Å². The van der Waals surface area contributed by atoms with Crippen LogP contribution in [0.4, 0.5) is 0 Å². The van der Waals surface area contributed by atoms with Crippen molar-refractivity contribution >= 4 is 0 Å². The summed E-state index contributed by atoms with van der Waals surface area (Å²) in [7, 11) is 0. The van der Waals surface area contributed by atoms with Gasteiger partial charge < -0.3 is 9.97 Å². The van der Waals surface area contributed by atoms with Gasteiger partial charge in [-0.05, 0) is 19.9 Å². The maximum atomic E-state index is 11.1. The first-order valence-corrected chi connectivity index (χ1v) is 4.53. The molecule has 0 unspecified atom stereocenters. The summed E-state index contributed by atoms with van der Waals surface area (Å²) in [5.74, 6) is 0. The Kier molecular flexibility index (Phi) is 2.00. The van der Waals surface area contributed by atoms with Crippen molar-refractivity contribution in [3.63, 3.8) is 0 Å². The number of rotatable bonds is 1. The van der Waals surface area contributed by atoms with E-state index in [2.05, 4.69) is 9.97 Å². The Bertz CT molecular complexity index is 508. The number of aromatic amines is 2. The van der Waals surface area contributed by atoms with Gasteiger partial charge in [-0.25, -0.2) is 4.79 Å². The van der Waals surface area contributed by atoms with Gasteiger partial charge in [0.1, 0.15) is 0 Å². The molecule has 1 aromatic heterocycles.